The number of aryl methyl sites for hydroxylation is 2. The highest BCUT2D eigenvalue weighted by Gasteiger charge is 2.17. The smallest absolute Gasteiger partial charge is 0.152 e. The van der Waals surface area contributed by atoms with Gasteiger partial charge in [0.15, 0.2) is 5.82 Å². The van der Waals surface area contributed by atoms with Crippen LogP contribution in [0.4, 0.5) is 5.82 Å². The van der Waals surface area contributed by atoms with Gasteiger partial charge < -0.3 is 15.1 Å². The van der Waals surface area contributed by atoms with Crippen molar-refractivity contribution in [2.45, 2.75) is 46.6 Å². The lowest BCUT2D eigenvalue weighted by atomic mass is 10.0. The number of benzene rings is 2. The fourth-order valence-electron chi connectivity index (χ4n) is 3.89. The number of imidazole rings is 1. The molecule has 0 atom stereocenters. The molecular formula is C25H29N5O. The van der Waals surface area contributed by atoms with Gasteiger partial charge in [-0.1, -0.05) is 54.5 Å². The molecule has 2 aromatic carbocycles. The van der Waals surface area contributed by atoms with Crippen molar-refractivity contribution in [3.63, 3.8) is 0 Å². The van der Waals surface area contributed by atoms with E-state index >= 15 is 0 Å². The zero-order chi connectivity index (χ0) is 21.8. The molecule has 0 aliphatic heterocycles. The molecule has 2 aromatic heterocycles. The van der Waals surface area contributed by atoms with E-state index in [1.165, 1.54) is 0 Å². The number of fused-ring (bicyclic) bond motifs is 3. The van der Waals surface area contributed by atoms with Crippen molar-refractivity contribution in [2.24, 2.45) is 5.16 Å². The van der Waals surface area contributed by atoms with Gasteiger partial charge in [-0.25, -0.2) is 9.97 Å². The molecule has 160 valence electrons. The normalized spacial score (nSPS) is 11.2. The first-order valence-corrected chi connectivity index (χ1v) is 10.9. The molecular weight excluding hydrogens is 386 g/mol. The van der Waals surface area contributed by atoms with E-state index < -0.39 is 0 Å². The van der Waals surface area contributed by atoms with Gasteiger partial charge in [-0.15, -0.1) is 0 Å². The van der Waals surface area contributed by atoms with E-state index in [9.17, 15) is 0 Å². The Morgan fingerprint density at radius 2 is 1.87 bits per heavy atom. The van der Waals surface area contributed by atoms with Crippen LogP contribution in [0.25, 0.3) is 33.1 Å². The molecule has 0 saturated heterocycles. The Bertz CT molecular complexity index is 1220. The van der Waals surface area contributed by atoms with Crippen molar-refractivity contribution >= 4 is 33.5 Å². The second kappa shape index (κ2) is 9.16. The number of rotatable bonds is 8. The Balaban J connectivity index is 1.78. The van der Waals surface area contributed by atoms with Crippen LogP contribution in [0.15, 0.2) is 53.7 Å². The van der Waals surface area contributed by atoms with Crippen LogP contribution in [-0.4, -0.2) is 26.9 Å². The summed E-state index contributed by atoms with van der Waals surface area (Å²) in [5.74, 6) is 1.52. The zero-order valence-corrected chi connectivity index (χ0v) is 18.4. The summed E-state index contributed by atoms with van der Waals surface area (Å²) < 4.78 is 2.28. The van der Waals surface area contributed by atoms with Gasteiger partial charge in [0, 0.05) is 24.8 Å². The monoisotopic (exact) mass is 415 g/mol. The van der Waals surface area contributed by atoms with E-state index in [0.717, 1.165) is 70.4 Å². The number of anilines is 1. The number of oxime groups is 1. The van der Waals surface area contributed by atoms with Crippen LogP contribution in [-0.2, 0) is 17.8 Å². The maximum Gasteiger partial charge on any atom is 0.152 e. The van der Waals surface area contributed by atoms with Crippen molar-refractivity contribution in [3.8, 4) is 11.1 Å². The molecule has 2 N–H and O–H groups in total. The first kappa shape index (κ1) is 20.8. The number of nitrogen functional groups attached to an aromatic ring is 1. The largest absolute Gasteiger partial charge is 0.396 e. The van der Waals surface area contributed by atoms with Crippen LogP contribution in [0.3, 0.4) is 0 Å². The van der Waals surface area contributed by atoms with Crippen LogP contribution >= 0.6 is 0 Å². The predicted octanol–water partition coefficient (Wildman–Crippen LogP) is 5.59. The highest BCUT2D eigenvalue weighted by Crippen LogP contribution is 2.32. The molecule has 4 aromatic rings. The van der Waals surface area contributed by atoms with Gasteiger partial charge in [0.1, 0.15) is 17.9 Å². The number of aromatic nitrogens is 3. The molecule has 6 heteroatoms. The molecule has 0 radical (unpaired) electrons. The minimum Gasteiger partial charge on any atom is -0.396 e. The van der Waals surface area contributed by atoms with Gasteiger partial charge in [-0.2, -0.15) is 0 Å². The highest BCUT2D eigenvalue weighted by atomic mass is 16.6. The van der Waals surface area contributed by atoms with Crippen molar-refractivity contribution in [3.05, 3.63) is 54.4 Å². The zero-order valence-electron chi connectivity index (χ0n) is 18.4. The lowest BCUT2D eigenvalue weighted by molar-refractivity contribution is 0.138. The molecule has 0 fully saturated rings. The lowest BCUT2D eigenvalue weighted by Crippen LogP contribution is -2.06. The average molecular weight is 416 g/mol. The van der Waals surface area contributed by atoms with Crippen LogP contribution < -0.4 is 5.73 Å². The summed E-state index contributed by atoms with van der Waals surface area (Å²) in [6, 6.07) is 16.7. The molecule has 4 rings (SSSR count). The van der Waals surface area contributed by atoms with Crippen molar-refractivity contribution < 1.29 is 4.84 Å². The molecule has 31 heavy (non-hydrogen) atoms. The summed E-state index contributed by atoms with van der Waals surface area (Å²) in [6.07, 6.45) is 2.75. The number of hydrogen-bond donors (Lipinski definition) is 1. The van der Waals surface area contributed by atoms with Gasteiger partial charge in [0.2, 0.25) is 0 Å². The first-order chi connectivity index (χ1) is 15.1. The molecule has 0 aliphatic carbocycles. The minimum absolute atomic E-state index is 0.478. The summed E-state index contributed by atoms with van der Waals surface area (Å²) in [4.78, 5) is 15.0. The Hall–Kier alpha value is -3.41. The van der Waals surface area contributed by atoms with E-state index in [1.54, 1.807) is 0 Å². The summed E-state index contributed by atoms with van der Waals surface area (Å²) >= 11 is 0. The van der Waals surface area contributed by atoms with E-state index in [4.69, 9.17) is 20.5 Å². The van der Waals surface area contributed by atoms with Gasteiger partial charge in [0.25, 0.3) is 0 Å². The van der Waals surface area contributed by atoms with Gasteiger partial charge in [0.05, 0.1) is 16.7 Å². The Labute approximate surface area is 182 Å². The second-order valence-electron chi connectivity index (χ2n) is 7.95. The van der Waals surface area contributed by atoms with Crippen molar-refractivity contribution in [2.75, 3.05) is 12.3 Å². The third-order valence-corrected chi connectivity index (χ3v) is 5.23. The van der Waals surface area contributed by atoms with E-state index in [-0.39, 0.29) is 0 Å². The number of nitrogens with zero attached hydrogens (tertiary/aromatic N) is 4. The number of pyridine rings is 1. The Morgan fingerprint density at radius 1 is 1.06 bits per heavy atom. The van der Waals surface area contributed by atoms with E-state index in [2.05, 4.69) is 47.0 Å². The molecule has 2 heterocycles. The minimum atomic E-state index is 0.478. The van der Waals surface area contributed by atoms with Gasteiger partial charge in [-0.05, 0) is 37.5 Å². The third-order valence-electron chi connectivity index (χ3n) is 5.23. The van der Waals surface area contributed by atoms with E-state index in [0.29, 0.717) is 12.4 Å². The summed E-state index contributed by atoms with van der Waals surface area (Å²) in [5.41, 5.74) is 12.3. The third kappa shape index (κ3) is 4.38. The molecule has 0 spiro atoms. The SMILES string of the molecule is CCCc1nc2c(N)nc3cc(-c4ccccc4)ccc3c2n1CCCON=C(C)C. The predicted molar refractivity (Wildman–Crippen MR) is 128 cm³/mol. The summed E-state index contributed by atoms with van der Waals surface area (Å²) in [7, 11) is 0. The molecule has 0 bridgehead atoms. The first-order valence-electron chi connectivity index (χ1n) is 10.9. The average Bonchev–Trinajstić information content (AvgIpc) is 3.13. The quantitative estimate of drug-likeness (QED) is 0.231. The maximum absolute atomic E-state index is 6.37. The molecule has 0 saturated carbocycles. The Morgan fingerprint density at radius 3 is 2.61 bits per heavy atom. The van der Waals surface area contributed by atoms with Crippen molar-refractivity contribution in [1.29, 1.82) is 0 Å². The van der Waals surface area contributed by atoms with E-state index in [1.807, 2.05) is 32.0 Å². The van der Waals surface area contributed by atoms with Crippen LogP contribution in [0.2, 0.25) is 0 Å². The molecule has 6 nitrogen and oxygen atoms in total. The second-order valence-corrected chi connectivity index (χ2v) is 7.95. The van der Waals surface area contributed by atoms with Gasteiger partial charge in [-0.3, -0.25) is 0 Å². The Kier molecular flexibility index (Phi) is 6.16. The lowest BCUT2D eigenvalue weighted by Gasteiger charge is -2.11. The topological polar surface area (TPSA) is 78.3 Å². The maximum atomic E-state index is 6.37. The fourth-order valence-corrected chi connectivity index (χ4v) is 3.89. The molecule has 0 unspecified atom stereocenters. The number of hydrogen-bond acceptors (Lipinski definition) is 5. The molecule has 0 amide bonds. The molecule has 0 aliphatic rings. The van der Waals surface area contributed by atoms with Crippen LogP contribution in [0.1, 0.15) is 39.4 Å². The van der Waals surface area contributed by atoms with Crippen LogP contribution in [0.5, 0.6) is 0 Å². The van der Waals surface area contributed by atoms with Crippen LogP contribution in [0, 0.1) is 0 Å². The number of nitrogens with two attached hydrogens (primary N) is 1. The van der Waals surface area contributed by atoms with Gasteiger partial charge >= 0.3 is 0 Å². The highest BCUT2D eigenvalue weighted by molar-refractivity contribution is 6.07. The summed E-state index contributed by atoms with van der Waals surface area (Å²) in [6.45, 7) is 7.37. The van der Waals surface area contributed by atoms with Crippen molar-refractivity contribution in [1.82, 2.24) is 14.5 Å². The standard InChI is InChI=1S/C25H29N5O/c1-4-9-22-28-23-24(30(22)14-8-15-31-29-17(2)3)20-13-12-19(16-21(20)27-25(23)26)18-10-6-5-7-11-18/h5-7,10-13,16H,4,8-9,14-15H2,1-3H3,(H2,26,27). The summed E-state index contributed by atoms with van der Waals surface area (Å²) in [5, 5.41) is 5.10. The fraction of sp³-hybridized carbons (Fsp3) is 0.320.